The molecular formula is C13H18N2OS. The van der Waals surface area contributed by atoms with Crippen molar-refractivity contribution in [3.63, 3.8) is 0 Å². The van der Waals surface area contributed by atoms with Gasteiger partial charge in [0.25, 0.3) is 5.91 Å². The van der Waals surface area contributed by atoms with Gasteiger partial charge in [-0.3, -0.25) is 4.79 Å². The van der Waals surface area contributed by atoms with Gasteiger partial charge in [-0.05, 0) is 30.7 Å². The third kappa shape index (κ3) is 4.53. The van der Waals surface area contributed by atoms with E-state index in [0.29, 0.717) is 17.8 Å². The highest BCUT2D eigenvalue weighted by Gasteiger charge is 2.05. The van der Waals surface area contributed by atoms with E-state index in [0.717, 1.165) is 17.1 Å². The standard InChI is InChI=1S/C13H18N2OS/c1-3-7-17-8-6-15-13(16)11-4-5-12(14)10(2)9-11/h3-5,9H,1,6-8,14H2,2H3,(H,15,16). The first-order valence-electron chi connectivity index (χ1n) is 5.48. The van der Waals surface area contributed by atoms with Crippen molar-refractivity contribution in [3.05, 3.63) is 42.0 Å². The molecular weight excluding hydrogens is 232 g/mol. The number of aryl methyl sites for hydroxylation is 1. The minimum atomic E-state index is -0.0488. The van der Waals surface area contributed by atoms with E-state index in [1.165, 1.54) is 0 Å². The lowest BCUT2D eigenvalue weighted by atomic mass is 10.1. The van der Waals surface area contributed by atoms with Crippen LogP contribution in [0.3, 0.4) is 0 Å². The highest BCUT2D eigenvalue weighted by molar-refractivity contribution is 7.99. The molecule has 0 spiro atoms. The molecule has 0 aliphatic rings. The van der Waals surface area contributed by atoms with Crippen LogP contribution in [-0.4, -0.2) is 24.0 Å². The third-order valence-electron chi connectivity index (χ3n) is 2.30. The molecule has 1 aromatic rings. The molecule has 3 N–H and O–H groups in total. The SMILES string of the molecule is C=CCSCCNC(=O)c1ccc(N)c(C)c1. The number of nitrogen functional groups attached to an aromatic ring is 1. The van der Waals surface area contributed by atoms with Gasteiger partial charge < -0.3 is 11.1 Å². The molecule has 0 fully saturated rings. The van der Waals surface area contributed by atoms with Crippen molar-refractivity contribution in [2.75, 3.05) is 23.8 Å². The lowest BCUT2D eigenvalue weighted by Crippen LogP contribution is -2.25. The number of hydrogen-bond donors (Lipinski definition) is 2. The fourth-order valence-electron chi connectivity index (χ4n) is 1.32. The summed E-state index contributed by atoms with van der Waals surface area (Å²) in [5, 5.41) is 2.87. The number of anilines is 1. The molecule has 0 saturated heterocycles. The number of amides is 1. The Morgan fingerprint density at radius 3 is 3.00 bits per heavy atom. The van der Waals surface area contributed by atoms with Crippen LogP contribution in [0.4, 0.5) is 5.69 Å². The molecule has 0 aliphatic carbocycles. The summed E-state index contributed by atoms with van der Waals surface area (Å²) in [4.78, 5) is 11.8. The van der Waals surface area contributed by atoms with Gasteiger partial charge in [0.1, 0.15) is 0 Å². The molecule has 4 heteroatoms. The van der Waals surface area contributed by atoms with Gasteiger partial charge >= 0.3 is 0 Å². The molecule has 1 aromatic carbocycles. The van der Waals surface area contributed by atoms with Crippen LogP contribution in [0.15, 0.2) is 30.9 Å². The van der Waals surface area contributed by atoms with Crippen LogP contribution in [0.1, 0.15) is 15.9 Å². The van der Waals surface area contributed by atoms with Crippen LogP contribution in [0, 0.1) is 6.92 Å². The first kappa shape index (κ1) is 13.6. The van der Waals surface area contributed by atoms with Crippen molar-refractivity contribution in [1.82, 2.24) is 5.32 Å². The number of carbonyl (C=O) groups excluding carboxylic acids is 1. The summed E-state index contributed by atoms with van der Waals surface area (Å²) < 4.78 is 0. The van der Waals surface area contributed by atoms with Gasteiger partial charge in [-0.1, -0.05) is 6.08 Å². The van der Waals surface area contributed by atoms with Gasteiger partial charge in [-0.2, -0.15) is 11.8 Å². The summed E-state index contributed by atoms with van der Waals surface area (Å²) in [6, 6.07) is 5.31. The Labute approximate surface area is 106 Å². The van der Waals surface area contributed by atoms with E-state index in [1.54, 1.807) is 23.9 Å². The van der Waals surface area contributed by atoms with Crippen LogP contribution >= 0.6 is 11.8 Å². The number of nitrogens with two attached hydrogens (primary N) is 1. The van der Waals surface area contributed by atoms with E-state index < -0.39 is 0 Å². The van der Waals surface area contributed by atoms with E-state index in [4.69, 9.17) is 5.73 Å². The summed E-state index contributed by atoms with van der Waals surface area (Å²) in [6.07, 6.45) is 1.86. The number of rotatable bonds is 6. The quantitative estimate of drug-likeness (QED) is 0.462. The molecule has 0 bridgehead atoms. The second-order valence-corrected chi connectivity index (χ2v) is 4.84. The van der Waals surface area contributed by atoms with Crippen molar-refractivity contribution in [2.45, 2.75) is 6.92 Å². The topological polar surface area (TPSA) is 55.1 Å². The summed E-state index contributed by atoms with van der Waals surface area (Å²) >= 11 is 1.74. The molecule has 1 amide bonds. The molecule has 3 nitrogen and oxygen atoms in total. The largest absolute Gasteiger partial charge is 0.399 e. The normalized spacial score (nSPS) is 9.94. The summed E-state index contributed by atoms with van der Waals surface area (Å²) in [5.74, 6) is 1.76. The Bertz CT molecular complexity index is 404. The van der Waals surface area contributed by atoms with Crippen LogP contribution in [0.25, 0.3) is 0 Å². The third-order valence-corrected chi connectivity index (χ3v) is 3.26. The Kier molecular flexibility index (Phi) is 5.63. The van der Waals surface area contributed by atoms with Crippen molar-refractivity contribution in [1.29, 1.82) is 0 Å². The minimum absolute atomic E-state index is 0.0488. The smallest absolute Gasteiger partial charge is 0.251 e. The van der Waals surface area contributed by atoms with E-state index in [-0.39, 0.29) is 5.91 Å². The number of carbonyl (C=O) groups is 1. The van der Waals surface area contributed by atoms with Crippen LogP contribution in [-0.2, 0) is 0 Å². The Morgan fingerprint density at radius 2 is 2.35 bits per heavy atom. The second kappa shape index (κ2) is 7.01. The van der Waals surface area contributed by atoms with Crippen molar-refractivity contribution in [3.8, 4) is 0 Å². The zero-order chi connectivity index (χ0) is 12.7. The predicted octanol–water partition coefficient (Wildman–Crippen LogP) is 2.23. The second-order valence-electron chi connectivity index (χ2n) is 3.69. The Hall–Kier alpha value is -1.42. The molecule has 0 unspecified atom stereocenters. The molecule has 0 radical (unpaired) electrons. The average molecular weight is 250 g/mol. The van der Waals surface area contributed by atoms with E-state index in [2.05, 4.69) is 11.9 Å². The van der Waals surface area contributed by atoms with Gasteiger partial charge in [0, 0.05) is 29.3 Å². The zero-order valence-corrected chi connectivity index (χ0v) is 10.8. The molecule has 1 rings (SSSR count). The van der Waals surface area contributed by atoms with E-state index in [9.17, 15) is 4.79 Å². The highest BCUT2D eigenvalue weighted by Crippen LogP contribution is 2.12. The lowest BCUT2D eigenvalue weighted by Gasteiger charge is -2.06. The first-order chi connectivity index (χ1) is 8.15. The molecule has 17 heavy (non-hydrogen) atoms. The summed E-state index contributed by atoms with van der Waals surface area (Å²) in [7, 11) is 0. The van der Waals surface area contributed by atoms with Gasteiger partial charge in [-0.25, -0.2) is 0 Å². The predicted molar refractivity (Wildman–Crippen MR) is 75.4 cm³/mol. The van der Waals surface area contributed by atoms with Crippen LogP contribution < -0.4 is 11.1 Å². The van der Waals surface area contributed by atoms with Gasteiger partial charge in [0.2, 0.25) is 0 Å². The molecule has 0 heterocycles. The molecule has 0 atom stereocenters. The van der Waals surface area contributed by atoms with Gasteiger partial charge in [0.15, 0.2) is 0 Å². The van der Waals surface area contributed by atoms with Crippen molar-refractivity contribution in [2.24, 2.45) is 0 Å². The number of thioether (sulfide) groups is 1. The van der Waals surface area contributed by atoms with Crippen LogP contribution in [0.5, 0.6) is 0 Å². The number of nitrogens with one attached hydrogen (secondary N) is 1. The fourth-order valence-corrected chi connectivity index (χ4v) is 1.90. The molecule has 0 aromatic heterocycles. The number of hydrogen-bond acceptors (Lipinski definition) is 3. The van der Waals surface area contributed by atoms with Gasteiger partial charge in [-0.15, -0.1) is 6.58 Å². The summed E-state index contributed by atoms with van der Waals surface area (Å²) in [5.41, 5.74) is 8.00. The first-order valence-corrected chi connectivity index (χ1v) is 6.63. The molecule has 0 saturated carbocycles. The molecule has 0 aliphatic heterocycles. The van der Waals surface area contributed by atoms with Crippen molar-refractivity contribution < 1.29 is 4.79 Å². The lowest BCUT2D eigenvalue weighted by molar-refractivity contribution is 0.0956. The van der Waals surface area contributed by atoms with Crippen LogP contribution in [0.2, 0.25) is 0 Å². The number of benzene rings is 1. The Morgan fingerprint density at radius 1 is 1.59 bits per heavy atom. The van der Waals surface area contributed by atoms with Gasteiger partial charge in [0.05, 0.1) is 0 Å². The maximum atomic E-state index is 11.8. The Balaban J connectivity index is 2.41. The molecule has 92 valence electrons. The maximum absolute atomic E-state index is 11.8. The zero-order valence-electron chi connectivity index (χ0n) is 10.0. The average Bonchev–Trinajstić information content (AvgIpc) is 2.32. The maximum Gasteiger partial charge on any atom is 0.251 e. The highest BCUT2D eigenvalue weighted by atomic mass is 32.2. The summed E-state index contributed by atoms with van der Waals surface area (Å²) in [6.45, 7) is 6.20. The van der Waals surface area contributed by atoms with E-state index in [1.807, 2.05) is 19.1 Å². The minimum Gasteiger partial charge on any atom is -0.399 e. The van der Waals surface area contributed by atoms with Crippen molar-refractivity contribution >= 4 is 23.4 Å². The monoisotopic (exact) mass is 250 g/mol. The van der Waals surface area contributed by atoms with E-state index >= 15 is 0 Å². The fraction of sp³-hybridized carbons (Fsp3) is 0.308.